The number of rotatable bonds is 6. The number of halogens is 3. The van der Waals surface area contributed by atoms with Crippen LogP contribution >= 0.6 is 0 Å². The number of para-hydroxylation sites is 1. The van der Waals surface area contributed by atoms with Crippen LogP contribution in [0.25, 0.3) is 5.78 Å². The van der Waals surface area contributed by atoms with E-state index in [-0.39, 0.29) is 11.8 Å². The number of ether oxygens (including phenoxy) is 1. The Morgan fingerprint density at radius 2 is 1.93 bits per heavy atom. The third-order valence-corrected chi connectivity index (χ3v) is 4.29. The molecule has 28 heavy (non-hydrogen) atoms. The van der Waals surface area contributed by atoms with Crippen molar-refractivity contribution in [3.8, 4) is 5.75 Å². The standard InChI is InChI=1S/C18H21F3N6O/c1-11-9-15(27-17(23-11)24-16(25-27)18(19,20)21)22-10-13(26(2)3)12-7-5-6-8-14(12)28-4/h5-9,13,22H,10H2,1-4H3/t13-/m1/s1. The highest BCUT2D eigenvalue weighted by molar-refractivity contribution is 5.46. The second-order valence-corrected chi connectivity index (χ2v) is 6.53. The molecule has 0 aliphatic carbocycles. The molecule has 7 nitrogen and oxygen atoms in total. The first-order valence-corrected chi connectivity index (χ1v) is 8.55. The van der Waals surface area contributed by atoms with E-state index in [2.05, 4.69) is 20.4 Å². The molecule has 0 amide bonds. The van der Waals surface area contributed by atoms with Crippen LogP contribution in [0, 0.1) is 6.92 Å². The highest BCUT2D eigenvalue weighted by Gasteiger charge is 2.37. The number of nitrogens with zero attached hydrogens (tertiary/aromatic N) is 5. The van der Waals surface area contributed by atoms with Gasteiger partial charge in [0.25, 0.3) is 11.6 Å². The van der Waals surface area contributed by atoms with Gasteiger partial charge in [0.05, 0.1) is 13.2 Å². The topological polar surface area (TPSA) is 67.6 Å². The van der Waals surface area contributed by atoms with E-state index in [4.69, 9.17) is 4.74 Å². The third kappa shape index (κ3) is 4.01. The van der Waals surface area contributed by atoms with Crippen LogP contribution in [0.2, 0.25) is 0 Å². The number of likely N-dealkylation sites (N-methyl/N-ethyl adjacent to an activating group) is 1. The molecular weight excluding hydrogens is 373 g/mol. The summed E-state index contributed by atoms with van der Waals surface area (Å²) in [7, 11) is 5.44. The predicted octanol–water partition coefficient (Wildman–Crippen LogP) is 3.17. The molecule has 0 saturated carbocycles. The molecule has 0 spiro atoms. The average molecular weight is 394 g/mol. The van der Waals surface area contributed by atoms with Crippen molar-refractivity contribution < 1.29 is 17.9 Å². The van der Waals surface area contributed by atoms with E-state index in [1.165, 1.54) is 0 Å². The van der Waals surface area contributed by atoms with Crippen LogP contribution < -0.4 is 10.1 Å². The fourth-order valence-corrected chi connectivity index (χ4v) is 2.95. The van der Waals surface area contributed by atoms with Gasteiger partial charge in [0, 0.05) is 23.9 Å². The molecule has 0 saturated heterocycles. The van der Waals surface area contributed by atoms with Gasteiger partial charge in [-0.05, 0) is 27.1 Å². The second-order valence-electron chi connectivity index (χ2n) is 6.53. The molecular formula is C18H21F3N6O. The molecule has 0 unspecified atom stereocenters. The first kappa shape index (κ1) is 19.9. The number of alkyl halides is 3. The van der Waals surface area contributed by atoms with Gasteiger partial charge in [-0.1, -0.05) is 18.2 Å². The van der Waals surface area contributed by atoms with E-state index in [0.29, 0.717) is 18.1 Å². The normalized spacial score (nSPS) is 13.1. The van der Waals surface area contributed by atoms with Crippen LogP contribution in [0.3, 0.4) is 0 Å². The fraction of sp³-hybridized carbons (Fsp3) is 0.389. The Balaban J connectivity index is 1.94. The van der Waals surface area contributed by atoms with Crippen molar-refractivity contribution >= 4 is 11.6 Å². The van der Waals surface area contributed by atoms with Gasteiger partial charge in [-0.3, -0.25) is 0 Å². The van der Waals surface area contributed by atoms with Gasteiger partial charge in [-0.15, -0.1) is 5.10 Å². The van der Waals surface area contributed by atoms with Crippen LogP contribution in [0.15, 0.2) is 30.3 Å². The summed E-state index contributed by atoms with van der Waals surface area (Å²) in [5.41, 5.74) is 1.49. The fourth-order valence-electron chi connectivity index (χ4n) is 2.95. The van der Waals surface area contributed by atoms with Gasteiger partial charge in [-0.25, -0.2) is 4.98 Å². The molecule has 0 aliphatic rings. The summed E-state index contributed by atoms with van der Waals surface area (Å²) in [6, 6.07) is 9.16. The summed E-state index contributed by atoms with van der Waals surface area (Å²) < 4.78 is 45.4. The van der Waals surface area contributed by atoms with Crippen LogP contribution in [-0.2, 0) is 6.18 Å². The van der Waals surface area contributed by atoms with E-state index in [0.717, 1.165) is 15.8 Å². The van der Waals surface area contributed by atoms with Crippen molar-refractivity contribution in [2.45, 2.75) is 19.1 Å². The highest BCUT2D eigenvalue weighted by Crippen LogP contribution is 2.29. The number of hydrogen-bond acceptors (Lipinski definition) is 6. The number of aromatic nitrogens is 4. The van der Waals surface area contributed by atoms with Crippen molar-refractivity contribution in [3.63, 3.8) is 0 Å². The summed E-state index contributed by atoms with van der Waals surface area (Å²) in [4.78, 5) is 9.53. The molecule has 0 fully saturated rings. The van der Waals surface area contributed by atoms with Gasteiger partial charge in [-0.2, -0.15) is 22.7 Å². The molecule has 3 rings (SSSR count). The zero-order valence-corrected chi connectivity index (χ0v) is 15.9. The van der Waals surface area contributed by atoms with Gasteiger partial charge in [0.1, 0.15) is 11.6 Å². The summed E-state index contributed by atoms with van der Waals surface area (Å²) in [6.07, 6.45) is -4.64. The van der Waals surface area contributed by atoms with Gasteiger partial charge >= 0.3 is 6.18 Å². The van der Waals surface area contributed by atoms with Crippen LogP contribution in [0.4, 0.5) is 19.0 Å². The molecule has 0 radical (unpaired) electrons. The van der Waals surface area contributed by atoms with Crippen LogP contribution in [0.5, 0.6) is 5.75 Å². The van der Waals surface area contributed by atoms with E-state index in [9.17, 15) is 13.2 Å². The number of methoxy groups -OCH3 is 1. The summed E-state index contributed by atoms with van der Waals surface area (Å²) in [6.45, 7) is 2.10. The maximum absolute atomic E-state index is 13.0. The maximum Gasteiger partial charge on any atom is 0.453 e. The van der Waals surface area contributed by atoms with Crippen LogP contribution in [-0.4, -0.2) is 52.2 Å². The molecule has 1 N–H and O–H groups in total. The van der Waals surface area contributed by atoms with Crippen LogP contribution in [0.1, 0.15) is 23.1 Å². The Bertz CT molecular complexity index is 970. The van der Waals surface area contributed by atoms with Crippen molar-refractivity contribution in [2.24, 2.45) is 0 Å². The van der Waals surface area contributed by atoms with Crippen molar-refractivity contribution in [2.75, 3.05) is 33.1 Å². The largest absolute Gasteiger partial charge is 0.496 e. The van der Waals surface area contributed by atoms with Gasteiger partial charge < -0.3 is 15.0 Å². The lowest BCUT2D eigenvalue weighted by atomic mass is 10.0. The number of aryl methyl sites for hydroxylation is 1. The lowest BCUT2D eigenvalue weighted by Crippen LogP contribution is -2.28. The molecule has 0 aliphatic heterocycles. The minimum absolute atomic E-state index is 0.0923. The summed E-state index contributed by atoms with van der Waals surface area (Å²) >= 11 is 0. The Hall–Kier alpha value is -2.88. The molecule has 1 atom stereocenters. The Labute approximate surface area is 160 Å². The summed E-state index contributed by atoms with van der Waals surface area (Å²) in [5.74, 6) is -0.206. The van der Waals surface area contributed by atoms with E-state index < -0.39 is 12.0 Å². The first-order chi connectivity index (χ1) is 13.2. The predicted molar refractivity (Wildman–Crippen MR) is 98.4 cm³/mol. The lowest BCUT2D eigenvalue weighted by Gasteiger charge is -2.27. The Morgan fingerprint density at radius 3 is 2.57 bits per heavy atom. The number of nitrogens with one attached hydrogen (secondary N) is 1. The molecule has 2 aromatic heterocycles. The Kier molecular flexibility index (Phi) is 5.41. The zero-order chi connectivity index (χ0) is 20.5. The summed E-state index contributed by atoms with van der Waals surface area (Å²) in [5, 5.41) is 6.75. The molecule has 150 valence electrons. The van der Waals surface area contributed by atoms with E-state index in [1.807, 2.05) is 43.3 Å². The number of fused-ring (bicyclic) bond motifs is 1. The van der Waals surface area contributed by atoms with E-state index in [1.54, 1.807) is 20.1 Å². The maximum atomic E-state index is 13.0. The molecule has 3 aromatic rings. The molecule has 2 heterocycles. The molecule has 10 heteroatoms. The molecule has 1 aromatic carbocycles. The SMILES string of the molecule is COc1ccccc1[C@@H](CNc1cc(C)nc2nc(C(F)(F)F)nn12)N(C)C. The van der Waals surface area contributed by atoms with Gasteiger partial charge in [0.2, 0.25) is 0 Å². The number of hydrogen-bond donors (Lipinski definition) is 1. The first-order valence-electron chi connectivity index (χ1n) is 8.55. The van der Waals surface area contributed by atoms with Crippen molar-refractivity contribution in [3.05, 3.63) is 47.4 Å². The highest BCUT2D eigenvalue weighted by atomic mass is 19.4. The average Bonchev–Trinajstić information content (AvgIpc) is 3.06. The zero-order valence-electron chi connectivity index (χ0n) is 15.9. The monoisotopic (exact) mass is 394 g/mol. The lowest BCUT2D eigenvalue weighted by molar-refractivity contribution is -0.144. The third-order valence-electron chi connectivity index (χ3n) is 4.29. The number of benzene rings is 1. The smallest absolute Gasteiger partial charge is 0.453 e. The van der Waals surface area contributed by atoms with E-state index >= 15 is 0 Å². The second kappa shape index (κ2) is 7.63. The van der Waals surface area contributed by atoms with Crippen molar-refractivity contribution in [1.82, 2.24) is 24.5 Å². The molecule has 0 bridgehead atoms. The minimum atomic E-state index is -4.64. The minimum Gasteiger partial charge on any atom is -0.496 e. The van der Waals surface area contributed by atoms with Gasteiger partial charge in [0.15, 0.2) is 0 Å². The quantitative estimate of drug-likeness (QED) is 0.693. The number of anilines is 1. The van der Waals surface area contributed by atoms with Crippen molar-refractivity contribution in [1.29, 1.82) is 0 Å². The Morgan fingerprint density at radius 1 is 1.21 bits per heavy atom.